The zero-order valence-electron chi connectivity index (χ0n) is 12.9. The highest BCUT2D eigenvalue weighted by atomic mass is 16.3. The van der Waals surface area contributed by atoms with Crippen molar-refractivity contribution in [1.29, 1.82) is 0 Å². The van der Waals surface area contributed by atoms with E-state index < -0.39 is 0 Å². The molecule has 114 valence electrons. The maximum absolute atomic E-state index is 12.0. The third-order valence-electron chi connectivity index (χ3n) is 3.64. The van der Waals surface area contributed by atoms with Crippen molar-refractivity contribution in [2.45, 2.75) is 33.6 Å². The van der Waals surface area contributed by atoms with Gasteiger partial charge < -0.3 is 14.8 Å². The number of carbonyl (C=O) groups excluding carboxylic acids is 1. The first kappa shape index (κ1) is 15.6. The molecule has 0 unspecified atom stereocenters. The third-order valence-corrected chi connectivity index (χ3v) is 3.64. The Balaban J connectivity index is 1.90. The van der Waals surface area contributed by atoms with Crippen molar-refractivity contribution in [3.8, 4) is 0 Å². The van der Waals surface area contributed by atoms with Crippen LogP contribution in [0.15, 0.2) is 28.7 Å². The number of nitrogens with one attached hydrogen (secondary N) is 1. The zero-order valence-corrected chi connectivity index (χ0v) is 12.9. The largest absolute Gasteiger partial charge is 0.451 e. The van der Waals surface area contributed by atoms with Crippen LogP contribution in [-0.4, -0.2) is 24.2 Å². The van der Waals surface area contributed by atoms with E-state index in [-0.39, 0.29) is 17.9 Å². The first-order chi connectivity index (χ1) is 9.91. The minimum Gasteiger partial charge on any atom is -0.451 e. The van der Waals surface area contributed by atoms with Crippen molar-refractivity contribution < 1.29 is 14.3 Å². The molecule has 2 rings (SSSR count). The molecule has 21 heavy (non-hydrogen) atoms. The van der Waals surface area contributed by atoms with Gasteiger partial charge in [-0.05, 0) is 43.4 Å². The standard InChI is InChI=1S/C17H23NO3/c1-12-5-6-14-13(9-12)10-15(21-14)16(20)18-8-4-7-17(2,3)11-19/h5-6,9-10,19H,4,7-8,11H2,1-3H3,(H,18,20). The van der Waals surface area contributed by atoms with Crippen molar-refractivity contribution in [2.75, 3.05) is 13.2 Å². The summed E-state index contributed by atoms with van der Waals surface area (Å²) < 4.78 is 5.55. The van der Waals surface area contributed by atoms with E-state index in [2.05, 4.69) is 5.32 Å². The summed E-state index contributed by atoms with van der Waals surface area (Å²) >= 11 is 0. The minimum absolute atomic E-state index is 0.0956. The normalized spacial score (nSPS) is 11.8. The first-order valence-electron chi connectivity index (χ1n) is 7.30. The zero-order chi connectivity index (χ0) is 15.5. The smallest absolute Gasteiger partial charge is 0.287 e. The maximum Gasteiger partial charge on any atom is 0.287 e. The number of hydrogen-bond donors (Lipinski definition) is 2. The molecule has 1 aromatic heterocycles. The molecule has 4 nitrogen and oxygen atoms in total. The lowest BCUT2D eigenvalue weighted by atomic mass is 9.89. The van der Waals surface area contributed by atoms with Gasteiger partial charge in [-0.15, -0.1) is 0 Å². The number of amides is 1. The van der Waals surface area contributed by atoms with E-state index in [1.165, 1.54) is 0 Å². The summed E-state index contributed by atoms with van der Waals surface area (Å²) in [5, 5.41) is 13.0. The van der Waals surface area contributed by atoms with Gasteiger partial charge in [-0.3, -0.25) is 4.79 Å². The third kappa shape index (κ3) is 4.08. The number of carbonyl (C=O) groups is 1. The van der Waals surface area contributed by atoms with E-state index in [1.54, 1.807) is 6.07 Å². The van der Waals surface area contributed by atoms with E-state index in [0.29, 0.717) is 12.3 Å². The molecule has 0 atom stereocenters. The van der Waals surface area contributed by atoms with Gasteiger partial charge in [0.25, 0.3) is 5.91 Å². The molecule has 2 N–H and O–H groups in total. The quantitative estimate of drug-likeness (QED) is 0.802. The van der Waals surface area contributed by atoms with Crippen LogP contribution in [0.4, 0.5) is 0 Å². The van der Waals surface area contributed by atoms with Crippen LogP contribution in [0.5, 0.6) is 0 Å². The van der Waals surface area contributed by atoms with E-state index in [0.717, 1.165) is 29.4 Å². The van der Waals surface area contributed by atoms with Crippen LogP contribution in [-0.2, 0) is 0 Å². The number of rotatable bonds is 6. The molecule has 0 fully saturated rings. The van der Waals surface area contributed by atoms with Gasteiger partial charge in [0.05, 0.1) is 0 Å². The van der Waals surface area contributed by atoms with Crippen LogP contribution < -0.4 is 5.32 Å². The number of aryl methyl sites for hydroxylation is 1. The number of furan rings is 1. The lowest BCUT2D eigenvalue weighted by molar-refractivity contribution is 0.0923. The molecule has 0 saturated carbocycles. The molecule has 1 aromatic carbocycles. The Labute approximate surface area is 125 Å². The number of fused-ring (bicyclic) bond motifs is 1. The Morgan fingerprint density at radius 1 is 1.33 bits per heavy atom. The van der Waals surface area contributed by atoms with Crippen molar-refractivity contribution in [3.63, 3.8) is 0 Å². The summed E-state index contributed by atoms with van der Waals surface area (Å²) in [7, 11) is 0. The van der Waals surface area contributed by atoms with Crippen molar-refractivity contribution in [1.82, 2.24) is 5.32 Å². The van der Waals surface area contributed by atoms with E-state index in [9.17, 15) is 9.90 Å². The number of hydrogen-bond acceptors (Lipinski definition) is 3. The number of benzene rings is 1. The number of aliphatic hydroxyl groups excluding tert-OH is 1. The molecule has 0 aliphatic carbocycles. The molecular weight excluding hydrogens is 266 g/mol. The molecule has 0 spiro atoms. The first-order valence-corrected chi connectivity index (χ1v) is 7.30. The van der Waals surface area contributed by atoms with Crippen LogP contribution in [0.25, 0.3) is 11.0 Å². The summed E-state index contributed by atoms with van der Waals surface area (Å²) in [5.74, 6) is 0.155. The van der Waals surface area contributed by atoms with E-state index in [4.69, 9.17) is 4.42 Å². The highest BCUT2D eigenvalue weighted by Gasteiger charge is 2.16. The topological polar surface area (TPSA) is 62.5 Å². The summed E-state index contributed by atoms with van der Waals surface area (Å²) in [6.07, 6.45) is 1.70. The lowest BCUT2D eigenvalue weighted by Crippen LogP contribution is -2.26. The molecule has 1 amide bonds. The second kappa shape index (κ2) is 6.31. The molecule has 0 radical (unpaired) electrons. The maximum atomic E-state index is 12.0. The average molecular weight is 289 g/mol. The predicted octanol–water partition coefficient (Wildman–Crippen LogP) is 3.27. The Bertz CT molecular complexity index is 628. The fourth-order valence-electron chi connectivity index (χ4n) is 2.21. The SMILES string of the molecule is Cc1ccc2oc(C(=O)NCCCC(C)(C)CO)cc2c1. The summed E-state index contributed by atoms with van der Waals surface area (Å²) in [4.78, 5) is 12.0. The van der Waals surface area contributed by atoms with Gasteiger partial charge in [-0.1, -0.05) is 25.5 Å². The molecule has 0 bridgehead atoms. The molecule has 2 aromatic rings. The van der Waals surface area contributed by atoms with Crippen LogP contribution in [0.2, 0.25) is 0 Å². The fraction of sp³-hybridized carbons (Fsp3) is 0.471. The molecule has 4 heteroatoms. The fourth-order valence-corrected chi connectivity index (χ4v) is 2.21. The van der Waals surface area contributed by atoms with Crippen molar-refractivity contribution in [3.05, 3.63) is 35.6 Å². The van der Waals surface area contributed by atoms with Gasteiger partial charge in [0, 0.05) is 18.5 Å². The van der Waals surface area contributed by atoms with Crippen LogP contribution >= 0.6 is 0 Å². The molecule has 1 heterocycles. The second-order valence-electron chi connectivity index (χ2n) is 6.33. The van der Waals surface area contributed by atoms with Gasteiger partial charge in [0.15, 0.2) is 5.76 Å². The monoisotopic (exact) mass is 289 g/mol. The number of aliphatic hydroxyl groups is 1. The van der Waals surface area contributed by atoms with Gasteiger partial charge >= 0.3 is 0 Å². The van der Waals surface area contributed by atoms with Crippen LogP contribution in [0.1, 0.15) is 42.8 Å². The van der Waals surface area contributed by atoms with Crippen molar-refractivity contribution in [2.24, 2.45) is 5.41 Å². The summed E-state index contributed by atoms with van der Waals surface area (Å²) in [6, 6.07) is 7.62. The van der Waals surface area contributed by atoms with Gasteiger partial charge in [-0.2, -0.15) is 0 Å². The van der Waals surface area contributed by atoms with Crippen molar-refractivity contribution >= 4 is 16.9 Å². The molecule has 0 aliphatic rings. The van der Waals surface area contributed by atoms with E-state index >= 15 is 0 Å². The van der Waals surface area contributed by atoms with Crippen LogP contribution in [0, 0.1) is 12.3 Å². The Hall–Kier alpha value is -1.81. The Morgan fingerprint density at radius 3 is 2.81 bits per heavy atom. The van der Waals surface area contributed by atoms with E-state index in [1.807, 2.05) is 39.0 Å². The average Bonchev–Trinajstić information content (AvgIpc) is 2.86. The Morgan fingerprint density at radius 2 is 2.10 bits per heavy atom. The Kier molecular flexibility index (Phi) is 4.68. The summed E-state index contributed by atoms with van der Waals surface area (Å²) in [5.41, 5.74) is 1.77. The molecule has 0 saturated heterocycles. The lowest BCUT2D eigenvalue weighted by Gasteiger charge is -2.21. The predicted molar refractivity (Wildman–Crippen MR) is 83.4 cm³/mol. The summed E-state index contributed by atoms with van der Waals surface area (Å²) in [6.45, 7) is 6.77. The second-order valence-corrected chi connectivity index (χ2v) is 6.33. The molecular formula is C17H23NO3. The minimum atomic E-state index is -0.189. The highest BCUT2D eigenvalue weighted by Crippen LogP contribution is 2.21. The highest BCUT2D eigenvalue weighted by molar-refractivity contribution is 5.96. The molecule has 0 aliphatic heterocycles. The van der Waals surface area contributed by atoms with Crippen LogP contribution in [0.3, 0.4) is 0 Å². The van der Waals surface area contributed by atoms with Gasteiger partial charge in [-0.25, -0.2) is 0 Å². The van der Waals surface area contributed by atoms with Gasteiger partial charge in [0.2, 0.25) is 0 Å². The van der Waals surface area contributed by atoms with Gasteiger partial charge in [0.1, 0.15) is 5.58 Å².